The number of carboxylic acids is 2. The van der Waals surface area contributed by atoms with Crippen LogP contribution < -0.4 is 17.2 Å². The Bertz CT molecular complexity index is 2000. The van der Waals surface area contributed by atoms with Crippen LogP contribution in [0.15, 0.2) is 82.3 Å². The SMILES string of the molecule is CC(C)(C)C(=O)COC(=O)C1(C(=O)O)CCN(Cc2ccc(-c3noc(-c4ccc(-c5ccccc5)c(F)c4)n3)cc2)CC1.NC(N)=NCCC[C@H](N)C(=O)O. The van der Waals surface area contributed by atoms with E-state index in [-0.39, 0.29) is 36.3 Å². The molecule has 1 saturated heterocycles. The maximum atomic E-state index is 14.9. The number of ketones is 1. The summed E-state index contributed by atoms with van der Waals surface area (Å²) in [6.45, 7) is 6.45. The smallest absolute Gasteiger partial charge is 0.324 e. The van der Waals surface area contributed by atoms with Crippen LogP contribution in [-0.4, -0.2) is 87.2 Å². The second-order valence-corrected chi connectivity index (χ2v) is 14.5. The summed E-state index contributed by atoms with van der Waals surface area (Å²) in [5, 5.41) is 22.4. The van der Waals surface area contributed by atoms with Gasteiger partial charge in [-0.15, -0.1) is 0 Å². The van der Waals surface area contributed by atoms with Crippen molar-refractivity contribution in [2.24, 2.45) is 33.0 Å². The number of likely N-dealkylation sites (tertiary alicyclic amines) is 1. The Hall–Kier alpha value is -6.00. The first-order chi connectivity index (χ1) is 26.5. The van der Waals surface area contributed by atoms with Crippen molar-refractivity contribution in [2.75, 3.05) is 26.2 Å². The number of aliphatic carboxylic acids is 2. The zero-order valence-corrected chi connectivity index (χ0v) is 31.6. The van der Waals surface area contributed by atoms with Crippen LogP contribution in [0.4, 0.5) is 4.39 Å². The third kappa shape index (κ3) is 11.5. The zero-order valence-electron chi connectivity index (χ0n) is 31.6. The molecule has 0 aliphatic carbocycles. The van der Waals surface area contributed by atoms with E-state index >= 15 is 0 Å². The molecule has 2 heterocycles. The maximum absolute atomic E-state index is 14.9. The molecule has 16 heteroatoms. The third-order valence-corrected chi connectivity index (χ3v) is 9.31. The zero-order chi connectivity index (χ0) is 41.0. The average Bonchev–Trinajstić information content (AvgIpc) is 3.66. The molecule has 56 heavy (non-hydrogen) atoms. The van der Waals surface area contributed by atoms with Gasteiger partial charge in [0, 0.05) is 48.3 Å². The van der Waals surface area contributed by atoms with Gasteiger partial charge in [-0.05, 0) is 48.9 Å². The molecule has 0 saturated carbocycles. The van der Waals surface area contributed by atoms with Gasteiger partial charge in [0.2, 0.25) is 5.82 Å². The molecule has 0 amide bonds. The number of carboxylic acid groups (broad SMARTS) is 2. The van der Waals surface area contributed by atoms with Crippen molar-refractivity contribution < 1.29 is 43.0 Å². The van der Waals surface area contributed by atoms with Crippen molar-refractivity contribution in [3.05, 3.63) is 84.2 Å². The van der Waals surface area contributed by atoms with Crippen molar-refractivity contribution in [1.82, 2.24) is 15.0 Å². The first-order valence-corrected chi connectivity index (χ1v) is 18.0. The maximum Gasteiger partial charge on any atom is 0.324 e. The van der Waals surface area contributed by atoms with E-state index in [9.17, 15) is 28.7 Å². The third-order valence-electron chi connectivity index (χ3n) is 9.31. The number of hydrogen-bond acceptors (Lipinski definition) is 11. The Kier molecular flexibility index (Phi) is 14.5. The fourth-order valence-corrected chi connectivity index (χ4v) is 5.70. The van der Waals surface area contributed by atoms with E-state index in [1.165, 1.54) is 6.07 Å². The number of aliphatic imine (C=N–C) groups is 1. The topological polar surface area (TPSA) is 251 Å². The van der Waals surface area contributed by atoms with Gasteiger partial charge in [0.05, 0.1) is 0 Å². The molecule has 4 aromatic rings. The van der Waals surface area contributed by atoms with Crippen molar-refractivity contribution >= 4 is 29.7 Å². The number of nitrogens with zero attached hydrogens (tertiary/aromatic N) is 4. The fraction of sp³-hybridized carbons (Fsp3) is 0.375. The van der Waals surface area contributed by atoms with Crippen LogP contribution >= 0.6 is 0 Å². The molecule has 1 atom stereocenters. The number of aromatic nitrogens is 2. The highest BCUT2D eigenvalue weighted by atomic mass is 19.1. The first-order valence-electron chi connectivity index (χ1n) is 18.0. The van der Waals surface area contributed by atoms with Crippen LogP contribution in [0.1, 0.15) is 52.0 Å². The van der Waals surface area contributed by atoms with Gasteiger partial charge in [-0.25, -0.2) is 4.39 Å². The second-order valence-electron chi connectivity index (χ2n) is 14.5. The summed E-state index contributed by atoms with van der Waals surface area (Å²) < 4.78 is 25.5. The van der Waals surface area contributed by atoms with E-state index in [2.05, 4.69) is 20.0 Å². The summed E-state index contributed by atoms with van der Waals surface area (Å²) >= 11 is 0. The molecule has 0 radical (unpaired) electrons. The van der Waals surface area contributed by atoms with Gasteiger partial charge < -0.3 is 36.7 Å². The molecule has 1 aliphatic rings. The number of guanidine groups is 1. The monoisotopic (exact) mass is 773 g/mol. The normalized spacial score (nSPS) is 14.4. The van der Waals surface area contributed by atoms with E-state index in [1.807, 2.05) is 54.6 Å². The number of halogens is 1. The summed E-state index contributed by atoms with van der Waals surface area (Å²) in [5.41, 5.74) is 16.4. The number of Topliss-reactive ketones (excluding diaryl/α,β-unsaturated/α-hetero) is 1. The number of carbonyl (C=O) groups excluding carboxylic acids is 2. The van der Waals surface area contributed by atoms with E-state index in [4.69, 9.17) is 31.6 Å². The van der Waals surface area contributed by atoms with Crippen molar-refractivity contribution in [3.8, 4) is 34.0 Å². The van der Waals surface area contributed by atoms with Gasteiger partial charge in [-0.3, -0.25) is 29.1 Å². The molecule has 15 nitrogen and oxygen atoms in total. The molecule has 1 aromatic heterocycles. The Morgan fingerprint density at radius 1 is 0.964 bits per heavy atom. The molecule has 0 spiro atoms. The molecule has 5 rings (SSSR count). The highest BCUT2D eigenvalue weighted by Gasteiger charge is 2.50. The second kappa shape index (κ2) is 19.0. The Morgan fingerprint density at radius 3 is 2.18 bits per heavy atom. The number of piperidine rings is 1. The first kappa shape index (κ1) is 42.7. The quantitative estimate of drug-likeness (QED) is 0.0390. The summed E-state index contributed by atoms with van der Waals surface area (Å²) in [7, 11) is 0. The van der Waals surface area contributed by atoms with Gasteiger partial charge in [0.15, 0.2) is 23.8 Å². The molecular formula is C40H48FN7O8. The Morgan fingerprint density at radius 2 is 1.61 bits per heavy atom. The lowest BCUT2D eigenvalue weighted by atomic mass is 9.78. The highest BCUT2D eigenvalue weighted by Crippen LogP contribution is 2.35. The van der Waals surface area contributed by atoms with Crippen LogP contribution in [0.2, 0.25) is 0 Å². The number of benzene rings is 3. The van der Waals surface area contributed by atoms with E-state index in [0.29, 0.717) is 56.0 Å². The standard InChI is InChI=1S/C34H34FN3O6.C6H14N4O2/c1-33(2,3)28(39)21-43-32(42)34(31(40)41)15-17-38(18-16-34)20-22-9-11-24(12-10-22)29-36-30(44-37-29)25-13-14-26(27(35)19-25)23-7-5-4-6-8-23;7-4(5(11)12)2-1-3-10-6(8)9/h4-14,19H,15-18,20-21H2,1-3H3,(H,40,41);4H,1-3,7H2,(H,11,12)(H4,8,9,10)/t;4-/m.0/s1. The minimum Gasteiger partial charge on any atom is -0.480 e. The summed E-state index contributed by atoms with van der Waals surface area (Å²) in [5.74, 6) is -3.16. The highest BCUT2D eigenvalue weighted by molar-refractivity contribution is 6.00. The lowest BCUT2D eigenvalue weighted by Gasteiger charge is -2.37. The summed E-state index contributed by atoms with van der Waals surface area (Å²) in [4.78, 5) is 57.5. The fourth-order valence-electron chi connectivity index (χ4n) is 5.70. The summed E-state index contributed by atoms with van der Waals surface area (Å²) in [6, 6.07) is 20.8. The van der Waals surface area contributed by atoms with Crippen molar-refractivity contribution in [1.29, 1.82) is 0 Å². The van der Waals surface area contributed by atoms with E-state index in [0.717, 1.165) is 16.7 Å². The largest absolute Gasteiger partial charge is 0.480 e. The number of esters is 1. The lowest BCUT2D eigenvalue weighted by Crippen LogP contribution is -2.50. The minimum absolute atomic E-state index is 0.0129. The Labute approximate surface area is 323 Å². The van der Waals surface area contributed by atoms with Crippen LogP contribution in [0.3, 0.4) is 0 Å². The average molecular weight is 774 g/mol. The molecule has 0 unspecified atom stereocenters. The molecule has 0 bridgehead atoms. The van der Waals surface area contributed by atoms with Crippen LogP contribution in [-0.2, 0) is 30.5 Å². The molecule has 3 aromatic carbocycles. The predicted molar refractivity (Wildman–Crippen MR) is 206 cm³/mol. The van der Waals surface area contributed by atoms with Crippen LogP contribution in [0.5, 0.6) is 0 Å². The Balaban J connectivity index is 0.000000501. The molecule has 1 aliphatic heterocycles. The number of rotatable bonds is 14. The van der Waals surface area contributed by atoms with Crippen LogP contribution in [0, 0.1) is 16.6 Å². The number of carbonyl (C=O) groups is 4. The van der Waals surface area contributed by atoms with E-state index in [1.54, 1.807) is 32.9 Å². The van der Waals surface area contributed by atoms with Crippen molar-refractivity contribution in [3.63, 3.8) is 0 Å². The number of ether oxygens (including phenoxy) is 1. The number of hydrogen-bond donors (Lipinski definition) is 5. The van der Waals surface area contributed by atoms with Gasteiger partial charge in [0.25, 0.3) is 5.89 Å². The molecule has 1 fully saturated rings. The summed E-state index contributed by atoms with van der Waals surface area (Å²) in [6.07, 6.45) is 1.13. The molecule has 8 N–H and O–H groups in total. The van der Waals surface area contributed by atoms with E-state index < -0.39 is 41.4 Å². The lowest BCUT2D eigenvalue weighted by molar-refractivity contribution is -0.174. The minimum atomic E-state index is -1.67. The van der Waals surface area contributed by atoms with Gasteiger partial charge in [0.1, 0.15) is 11.9 Å². The molecule has 298 valence electrons. The predicted octanol–water partition coefficient (Wildman–Crippen LogP) is 4.49. The van der Waals surface area contributed by atoms with Gasteiger partial charge >= 0.3 is 17.9 Å². The van der Waals surface area contributed by atoms with Gasteiger partial charge in [-0.2, -0.15) is 4.98 Å². The molecular weight excluding hydrogens is 725 g/mol. The van der Waals surface area contributed by atoms with Gasteiger partial charge in [-0.1, -0.05) is 86.6 Å². The van der Waals surface area contributed by atoms with Crippen LogP contribution in [0.25, 0.3) is 34.0 Å². The van der Waals surface area contributed by atoms with Crippen molar-refractivity contribution in [2.45, 2.75) is 59.0 Å². The number of nitrogens with two attached hydrogens (primary N) is 3.